The molecule has 0 saturated carbocycles. The summed E-state index contributed by atoms with van der Waals surface area (Å²) in [5, 5.41) is 14.8. The number of methoxy groups -OCH3 is 2. The van der Waals surface area contributed by atoms with E-state index in [1.165, 1.54) is 11.6 Å². The van der Waals surface area contributed by atoms with Gasteiger partial charge in [-0.2, -0.15) is 0 Å². The zero-order valence-corrected chi connectivity index (χ0v) is 20.2. The summed E-state index contributed by atoms with van der Waals surface area (Å²) in [7, 11) is 8.39. The number of hydrogen-bond donors (Lipinski definition) is 2. The number of hydrogen-bond acceptors (Lipinski definition) is 8. The summed E-state index contributed by atoms with van der Waals surface area (Å²) in [5.41, 5.74) is 1.31. The minimum atomic E-state index is -1.82. The Morgan fingerprint density at radius 3 is 2.20 bits per heavy atom. The van der Waals surface area contributed by atoms with Crippen molar-refractivity contribution in [3.05, 3.63) is 50.9 Å². The van der Waals surface area contributed by atoms with E-state index in [1.54, 1.807) is 27.6 Å². The first-order valence-corrected chi connectivity index (χ1v) is 10.5. The summed E-state index contributed by atoms with van der Waals surface area (Å²) < 4.78 is 14.9. The van der Waals surface area contributed by atoms with Gasteiger partial charge in [-0.25, -0.2) is 19.4 Å². The molecule has 0 bridgehead atoms. The summed E-state index contributed by atoms with van der Waals surface area (Å²) >= 11 is 0. The molecule has 2 aromatic heterocycles. The Hall–Kier alpha value is -4.13. The van der Waals surface area contributed by atoms with Crippen molar-refractivity contribution in [1.29, 1.82) is 0 Å². The summed E-state index contributed by atoms with van der Waals surface area (Å²) in [6.07, 6.45) is 2.48. The van der Waals surface area contributed by atoms with Crippen molar-refractivity contribution in [3.8, 4) is 11.5 Å². The highest BCUT2D eigenvalue weighted by Gasteiger charge is 2.14. The SMILES string of the molecule is COc1ccc(CCN(C)CCn2cnc3c2c(=O)n(C)c(=O)n3C)cc1OC.O=C(O)C(=O)O. The Morgan fingerprint density at radius 2 is 1.63 bits per heavy atom. The quantitative estimate of drug-likeness (QED) is 0.404. The molecule has 3 aromatic rings. The maximum Gasteiger partial charge on any atom is 0.414 e. The van der Waals surface area contributed by atoms with Crippen LogP contribution in [0.5, 0.6) is 11.5 Å². The molecule has 13 nitrogen and oxygen atoms in total. The van der Waals surface area contributed by atoms with Gasteiger partial charge in [0, 0.05) is 33.7 Å². The third-order valence-electron chi connectivity index (χ3n) is 5.35. The lowest BCUT2D eigenvalue weighted by atomic mass is 10.1. The molecule has 0 aliphatic rings. The number of carbonyl (C=O) groups is 2. The van der Waals surface area contributed by atoms with Gasteiger partial charge in [-0.3, -0.25) is 13.9 Å². The number of aliphatic carboxylic acids is 2. The van der Waals surface area contributed by atoms with Crippen LogP contribution in [0.4, 0.5) is 0 Å². The Morgan fingerprint density at radius 1 is 1.00 bits per heavy atom. The van der Waals surface area contributed by atoms with Gasteiger partial charge in [0.05, 0.1) is 20.5 Å². The number of aryl methyl sites for hydroxylation is 1. The van der Waals surface area contributed by atoms with Crippen LogP contribution >= 0.6 is 0 Å². The molecule has 0 fully saturated rings. The largest absolute Gasteiger partial charge is 0.493 e. The molecule has 3 rings (SSSR count). The standard InChI is InChI=1S/C20H27N5O4.C2H2O4/c1-22(9-8-14-6-7-15(28-4)16(12-14)29-5)10-11-25-13-21-18-17(25)19(26)24(3)20(27)23(18)2;3-1(4)2(5)6/h6-7,12-13H,8-11H2,1-5H3;(H,3,4)(H,5,6). The number of carboxylic acids is 2. The fourth-order valence-corrected chi connectivity index (χ4v) is 3.31. The lowest BCUT2D eigenvalue weighted by molar-refractivity contribution is -0.159. The third kappa shape index (κ3) is 6.47. The van der Waals surface area contributed by atoms with Crippen molar-refractivity contribution in [2.75, 3.05) is 34.4 Å². The highest BCUT2D eigenvalue weighted by molar-refractivity contribution is 6.27. The summed E-state index contributed by atoms with van der Waals surface area (Å²) in [5.74, 6) is -2.21. The first-order chi connectivity index (χ1) is 16.5. The van der Waals surface area contributed by atoms with Gasteiger partial charge in [0.15, 0.2) is 22.7 Å². The fourth-order valence-electron chi connectivity index (χ4n) is 3.31. The van der Waals surface area contributed by atoms with Crippen LogP contribution in [0.3, 0.4) is 0 Å². The van der Waals surface area contributed by atoms with E-state index >= 15 is 0 Å². The van der Waals surface area contributed by atoms with Crippen LogP contribution in [0.1, 0.15) is 5.56 Å². The summed E-state index contributed by atoms with van der Waals surface area (Å²) in [6.45, 7) is 2.19. The third-order valence-corrected chi connectivity index (χ3v) is 5.35. The van der Waals surface area contributed by atoms with E-state index in [4.69, 9.17) is 29.3 Å². The first kappa shape index (κ1) is 27.1. The molecule has 0 spiro atoms. The van der Waals surface area contributed by atoms with Crippen molar-refractivity contribution in [2.45, 2.75) is 13.0 Å². The summed E-state index contributed by atoms with van der Waals surface area (Å²) in [6, 6.07) is 5.93. The maximum absolute atomic E-state index is 12.5. The molecular weight excluding hydrogens is 462 g/mol. The fraction of sp³-hybridized carbons (Fsp3) is 0.409. The number of rotatable bonds is 8. The highest BCUT2D eigenvalue weighted by Crippen LogP contribution is 2.27. The molecule has 0 aliphatic heterocycles. The van der Waals surface area contributed by atoms with Crippen molar-refractivity contribution < 1.29 is 29.3 Å². The normalized spacial score (nSPS) is 10.7. The predicted molar refractivity (Wildman–Crippen MR) is 126 cm³/mol. The Labute approximate surface area is 200 Å². The van der Waals surface area contributed by atoms with Crippen molar-refractivity contribution >= 4 is 23.1 Å². The number of carboxylic acid groups (broad SMARTS) is 2. The van der Waals surface area contributed by atoms with Crippen LogP contribution in [0.25, 0.3) is 11.2 Å². The number of aromatic nitrogens is 4. The zero-order chi connectivity index (χ0) is 26.3. The van der Waals surface area contributed by atoms with Gasteiger partial charge >= 0.3 is 17.6 Å². The molecule has 0 aliphatic carbocycles. The lowest BCUT2D eigenvalue weighted by Crippen LogP contribution is -2.37. The number of nitrogens with zero attached hydrogens (tertiary/aromatic N) is 5. The van der Waals surface area contributed by atoms with Gasteiger partial charge in [-0.05, 0) is 31.2 Å². The molecule has 2 heterocycles. The van der Waals surface area contributed by atoms with Crippen LogP contribution in [0, 0.1) is 0 Å². The minimum absolute atomic E-state index is 0.325. The molecule has 13 heteroatoms. The van der Waals surface area contributed by atoms with Gasteiger partial charge in [0.2, 0.25) is 0 Å². The maximum atomic E-state index is 12.5. The second-order valence-electron chi connectivity index (χ2n) is 7.67. The van der Waals surface area contributed by atoms with Crippen LogP contribution in [0.2, 0.25) is 0 Å². The van der Waals surface area contributed by atoms with E-state index in [2.05, 4.69) is 9.88 Å². The Balaban J connectivity index is 0.000000641. The lowest BCUT2D eigenvalue weighted by Gasteiger charge is -2.17. The molecule has 0 unspecified atom stereocenters. The highest BCUT2D eigenvalue weighted by atomic mass is 16.5. The average molecular weight is 492 g/mol. The van der Waals surface area contributed by atoms with Crippen LogP contribution in [-0.4, -0.2) is 80.1 Å². The molecule has 0 radical (unpaired) electrons. The molecular formula is C22H29N5O8. The van der Waals surface area contributed by atoms with E-state index in [0.717, 1.165) is 35.4 Å². The van der Waals surface area contributed by atoms with Crippen molar-refractivity contribution in [1.82, 2.24) is 23.6 Å². The van der Waals surface area contributed by atoms with Gasteiger partial charge in [0.1, 0.15) is 0 Å². The van der Waals surface area contributed by atoms with E-state index in [9.17, 15) is 9.59 Å². The molecule has 0 atom stereocenters. The van der Waals surface area contributed by atoms with E-state index in [1.807, 2.05) is 29.8 Å². The number of benzene rings is 1. The Bertz CT molecular complexity index is 1310. The van der Waals surface area contributed by atoms with E-state index < -0.39 is 11.9 Å². The smallest absolute Gasteiger partial charge is 0.414 e. The number of imidazole rings is 1. The van der Waals surface area contributed by atoms with Crippen molar-refractivity contribution in [2.24, 2.45) is 14.1 Å². The minimum Gasteiger partial charge on any atom is -0.493 e. The first-order valence-electron chi connectivity index (χ1n) is 10.5. The summed E-state index contributed by atoms with van der Waals surface area (Å²) in [4.78, 5) is 49.2. The van der Waals surface area contributed by atoms with E-state index in [0.29, 0.717) is 23.5 Å². The second kappa shape index (κ2) is 11.8. The molecule has 2 N–H and O–H groups in total. The zero-order valence-electron chi connectivity index (χ0n) is 20.2. The van der Waals surface area contributed by atoms with Gasteiger partial charge in [-0.15, -0.1) is 0 Å². The van der Waals surface area contributed by atoms with Crippen LogP contribution in [0.15, 0.2) is 34.1 Å². The predicted octanol–water partition coefficient (Wildman–Crippen LogP) is -0.219. The van der Waals surface area contributed by atoms with E-state index in [-0.39, 0.29) is 11.2 Å². The molecule has 1 aromatic carbocycles. The number of ether oxygens (including phenoxy) is 2. The monoisotopic (exact) mass is 491 g/mol. The molecule has 0 saturated heterocycles. The molecule has 190 valence electrons. The second-order valence-corrected chi connectivity index (χ2v) is 7.67. The molecule has 35 heavy (non-hydrogen) atoms. The number of fused-ring (bicyclic) bond motifs is 1. The van der Waals surface area contributed by atoms with Gasteiger partial charge in [0.25, 0.3) is 5.56 Å². The average Bonchev–Trinajstić information content (AvgIpc) is 3.27. The van der Waals surface area contributed by atoms with Gasteiger partial charge < -0.3 is 29.2 Å². The Kier molecular flexibility index (Phi) is 9.17. The molecule has 0 amide bonds. The number of likely N-dealkylation sites (N-methyl/N-ethyl adjacent to an activating group) is 1. The van der Waals surface area contributed by atoms with Crippen LogP contribution < -0.4 is 20.7 Å². The van der Waals surface area contributed by atoms with Gasteiger partial charge in [-0.1, -0.05) is 6.07 Å². The van der Waals surface area contributed by atoms with Crippen LogP contribution in [-0.2, 0) is 36.6 Å². The topological polar surface area (TPSA) is 158 Å². The van der Waals surface area contributed by atoms with Crippen molar-refractivity contribution in [3.63, 3.8) is 0 Å².